The first-order chi connectivity index (χ1) is 16.5. The first-order valence-corrected chi connectivity index (χ1v) is 11.2. The van der Waals surface area contributed by atoms with Crippen LogP contribution in [0, 0.1) is 11.3 Å². The molecule has 3 aliphatic heterocycles. The number of hydrazone groups is 1. The lowest BCUT2D eigenvalue weighted by atomic mass is 9.92. The molecule has 10 nitrogen and oxygen atoms in total. The van der Waals surface area contributed by atoms with Crippen LogP contribution in [-0.2, 0) is 4.79 Å². The van der Waals surface area contributed by atoms with E-state index in [1.165, 1.54) is 16.8 Å². The molecule has 0 radical (unpaired) electrons. The number of carbonyl (C=O) groups is 1. The highest BCUT2D eigenvalue weighted by molar-refractivity contribution is 8.16. The molecular weight excluding hydrogens is 452 g/mol. The van der Waals surface area contributed by atoms with Gasteiger partial charge < -0.3 is 10.0 Å². The maximum absolute atomic E-state index is 13.5. The smallest absolute Gasteiger partial charge is 0.262 e. The second-order valence-electron chi connectivity index (χ2n) is 7.67. The highest BCUT2D eigenvalue weighted by atomic mass is 32.2. The van der Waals surface area contributed by atoms with Crippen molar-refractivity contribution >= 4 is 40.1 Å². The minimum absolute atomic E-state index is 0.0566. The number of azide groups is 1. The topological polar surface area (TPSA) is 141 Å². The summed E-state index contributed by atoms with van der Waals surface area (Å²) in [6.45, 7) is 1.80. The van der Waals surface area contributed by atoms with Gasteiger partial charge in [-0.2, -0.15) is 10.1 Å². The third-order valence-electron chi connectivity index (χ3n) is 5.69. The number of para-hydroxylation sites is 1. The molecule has 0 fully saturated rings. The molecule has 2 unspecified atom stereocenters. The minimum atomic E-state index is -0.723. The van der Waals surface area contributed by atoms with Gasteiger partial charge in [0.2, 0.25) is 0 Å². The molecule has 2 aromatic rings. The van der Waals surface area contributed by atoms with Crippen LogP contribution in [0.3, 0.4) is 0 Å². The molecular formula is C23H18N8O2S. The Morgan fingerprint density at radius 3 is 2.53 bits per heavy atom. The fraction of sp³-hybridized carbons (Fsp3) is 0.130. The summed E-state index contributed by atoms with van der Waals surface area (Å²) in [7, 11) is 0. The number of aliphatic hydroxyl groups is 1. The van der Waals surface area contributed by atoms with E-state index in [0.29, 0.717) is 22.3 Å². The number of amides is 1. The van der Waals surface area contributed by atoms with Gasteiger partial charge in [0, 0.05) is 10.6 Å². The Hall–Kier alpha value is -4.34. The van der Waals surface area contributed by atoms with Crippen molar-refractivity contribution < 1.29 is 9.90 Å². The van der Waals surface area contributed by atoms with Crippen molar-refractivity contribution in [2.24, 2.45) is 21.1 Å². The summed E-state index contributed by atoms with van der Waals surface area (Å²) < 4.78 is 0. The van der Waals surface area contributed by atoms with Crippen LogP contribution in [-0.4, -0.2) is 32.6 Å². The highest BCUT2D eigenvalue weighted by Crippen LogP contribution is 2.46. The SMILES string of the molecule is CC1=NN(c2ccccc2)C(=O)C1C1=CSC2=NC(=N)/C(=C(/O)N=[N+]=[N-])C(c3ccccc3)N12. The zero-order chi connectivity index (χ0) is 23.8. The predicted octanol–water partition coefficient (Wildman–Crippen LogP) is 5.08. The molecule has 2 atom stereocenters. The first-order valence-electron chi connectivity index (χ1n) is 10.3. The van der Waals surface area contributed by atoms with Gasteiger partial charge in [-0.3, -0.25) is 10.2 Å². The van der Waals surface area contributed by atoms with E-state index in [1.54, 1.807) is 6.92 Å². The number of anilines is 1. The Morgan fingerprint density at radius 2 is 1.85 bits per heavy atom. The van der Waals surface area contributed by atoms with Crippen LogP contribution in [0.4, 0.5) is 5.69 Å². The van der Waals surface area contributed by atoms with Crippen molar-refractivity contribution in [1.29, 1.82) is 5.41 Å². The van der Waals surface area contributed by atoms with Crippen LogP contribution in [0.25, 0.3) is 10.4 Å². The van der Waals surface area contributed by atoms with E-state index < -0.39 is 17.8 Å². The monoisotopic (exact) mass is 470 g/mol. The Bertz CT molecular complexity index is 1360. The molecule has 5 rings (SSSR count). The number of aliphatic hydroxyl groups excluding tert-OH is 1. The number of thioether (sulfide) groups is 1. The average Bonchev–Trinajstić information content (AvgIpc) is 3.38. The number of nitrogens with one attached hydrogen (secondary N) is 1. The van der Waals surface area contributed by atoms with E-state index in [0.717, 1.165) is 5.56 Å². The average molecular weight is 471 g/mol. The van der Waals surface area contributed by atoms with Crippen LogP contribution in [0.5, 0.6) is 0 Å². The van der Waals surface area contributed by atoms with Gasteiger partial charge in [0.25, 0.3) is 5.91 Å². The third kappa shape index (κ3) is 3.43. The van der Waals surface area contributed by atoms with E-state index in [1.807, 2.05) is 71.0 Å². The lowest BCUT2D eigenvalue weighted by Crippen LogP contribution is -2.42. The van der Waals surface area contributed by atoms with Crippen molar-refractivity contribution in [3.63, 3.8) is 0 Å². The molecule has 0 aromatic heterocycles. The standard InChI is InChI=1S/C23H18N8O2S/c1-13-17(22(33)31(28-13)15-10-6-3-7-11-15)16-12-34-23-26-20(24)18(21(32)27-29-25)19(30(16)23)14-8-4-2-5-9-14/h2-12,17,19,24,32H,1H3/b21-18+,24-20?. The number of rotatable bonds is 4. The predicted molar refractivity (Wildman–Crippen MR) is 131 cm³/mol. The largest absolute Gasteiger partial charge is 0.506 e. The summed E-state index contributed by atoms with van der Waals surface area (Å²) >= 11 is 1.29. The number of nitrogens with zero attached hydrogens (tertiary/aromatic N) is 7. The van der Waals surface area contributed by atoms with Gasteiger partial charge in [0.1, 0.15) is 5.92 Å². The number of carbonyl (C=O) groups excluding carboxylic acids is 1. The minimum Gasteiger partial charge on any atom is -0.506 e. The fourth-order valence-corrected chi connectivity index (χ4v) is 5.18. The Labute approximate surface area is 198 Å². The third-order valence-corrected chi connectivity index (χ3v) is 6.55. The number of aliphatic imine (C=N–C) groups is 1. The summed E-state index contributed by atoms with van der Waals surface area (Å²) in [4.78, 5) is 22.3. The molecule has 168 valence electrons. The summed E-state index contributed by atoms with van der Waals surface area (Å²) in [6, 6.07) is 17.7. The summed E-state index contributed by atoms with van der Waals surface area (Å²) in [5.74, 6) is -1.73. The van der Waals surface area contributed by atoms with Gasteiger partial charge >= 0.3 is 0 Å². The molecule has 2 N–H and O–H groups in total. The second-order valence-corrected chi connectivity index (χ2v) is 8.51. The van der Waals surface area contributed by atoms with E-state index >= 15 is 0 Å². The lowest BCUT2D eigenvalue weighted by molar-refractivity contribution is -0.119. The van der Waals surface area contributed by atoms with Gasteiger partial charge in [0.15, 0.2) is 16.9 Å². The van der Waals surface area contributed by atoms with Crippen molar-refractivity contribution in [3.8, 4) is 0 Å². The maximum Gasteiger partial charge on any atom is 0.262 e. The first kappa shape index (κ1) is 21.5. The van der Waals surface area contributed by atoms with Gasteiger partial charge in [-0.15, -0.1) is 0 Å². The number of benzene rings is 2. The zero-order valence-electron chi connectivity index (χ0n) is 17.9. The highest BCUT2D eigenvalue weighted by Gasteiger charge is 2.47. The van der Waals surface area contributed by atoms with Crippen LogP contribution in [0.15, 0.2) is 98.4 Å². The number of hydrogen-bond donors (Lipinski definition) is 2. The van der Waals surface area contributed by atoms with Crippen molar-refractivity contribution in [1.82, 2.24) is 4.90 Å². The van der Waals surface area contributed by atoms with E-state index in [2.05, 4.69) is 20.1 Å². The van der Waals surface area contributed by atoms with Crippen LogP contribution in [0.1, 0.15) is 18.5 Å². The zero-order valence-corrected chi connectivity index (χ0v) is 18.7. The number of amidine groups is 2. The molecule has 0 bridgehead atoms. The summed E-state index contributed by atoms with van der Waals surface area (Å²) in [6.07, 6.45) is 0. The van der Waals surface area contributed by atoms with Crippen molar-refractivity contribution in [3.05, 3.63) is 99.2 Å². The Morgan fingerprint density at radius 1 is 1.18 bits per heavy atom. The lowest BCUT2D eigenvalue weighted by Gasteiger charge is -2.37. The molecule has 2 aromatic carbocycles. The summed E-state index contributed by atoms with van der Waals surface area (Å²) in [5, 5.41) is 30.5. The second kappa shape index (κ2) is 8.54. The molecule has 0 spiro atoms. The van der Waals surface area contributed by atoms with Gasteiger partial charge in [-0.05, 0) is 40.7 Å². The van der Waals surface area contributed by atoms with Gasteiger partial charge in [-0.1, -0.05) is 60.3 Å². The van der Waals surface area contributed by atoms with Crippen LogP contribution < -0.4 is 5.01 Å². The fourth-order valence-electron chi connectivity index (χ4n) is 4.23. The molecule has 0 aliphatic carbocycles. The van der Waals surface area contributed by atoms with E-state index in [9.17, 15) is 9.90 Å². The quantitative estimate of drug-likeness (QED) is 0.278. The van der Waals surface area contributed by atoms with Crippen molar-refractivity contribution in [2.45, 2.75) is 13.0 Å². The van der Waals surface area contributed by atoms with E-state index in [-0.39, 0.29) is 17.3 Å². The Kier molecular flexibility index (Phi) is 5.40. The molecule has 3 heterocycles. The Balaban J connectivity index is 1.62. The molecule has 0 saturated carbocycles. The number of hydrogen-bond acceptors (Lipinski definition) is 7. The van der Waals surface area contributed by atoms with Crippen molar-refractivity contribution in [2.75, 3.05) is 5.01 Å². The number of fused-ring (bicyclic) bond motifs is 1. The summed E-state index contributed by atoms with van der Waals surface area (Å²) in [5.41, 5.74) is 11.6. The molecule has 34 heavy (non-hydrogen) atoms. The van der Waals surface area contributed by atoms with Crippen LogP contribution >= 0.6 is 11.8 Å². The maximum atomic E-state index is 13.5. The molecule has 0 saturated heterocycles. The van der Waals surface area contributed by atoms with Gasteiger partial charge in [0.05, 0.1) is 23.0 Å². The van der Waals surface area contributed by atoms with Gasteiger partial charge in [-0.25, -0.2) is 4.99 Å². The van der Waals surface area contributed by atoms with E-state index in [4.69, 9.17) is 10.9 Å². The molecule has 3 aliphatic rings. The normalized spacial score (nSPS) is 23.1. The molecule has 1 amide bonds. The molecule has 11 heteroatoms. The van der Waals surface area contributed by atoms with Crippen LogP contribution in [0.2, 0.25) is 0 Å².